The van der Waals surface area contributed by atoms with Gasteiger partial charge >= 0.3 is 0 Å². The van der Waals surface area contributed by atoms with E-state index >= 15 is 0 Å². The van der Waals surface area contributed by atoms with Crippen LogP contribution in [0.3, 0.4) is 0 Å². The van der Waals surface area contributed by atoms with Gasteiger partial charge in [0.05, 0.1) is 18.8 Å². The predicted octanol–water partition coefficient (Wildman–Crippen LogP) is 1.32. The number of carbonyl (C=O) groups excluding carboxylic acids is 1. The summed E-state index contributed by atoms with van der Waals surface area (Å²) < 4.78 is 5.01. The van der Waals surface area contributed by atoms with E-state index < -0.39 is 0 Å². The van der Waals surface area contributed by atoms with Gasteiger partial charge < -0.3 is 4.52 Å². The molecule has 0 saturated carbocycles. The standard InChI is InChI=1S/C10H14N2O3/c1-3-8-9(7(2)15-11-8)10(13)12-5-4-6-14-12/h3-6H2,1-2H3. The van der Waals surface area contributed by atoms with Gasteiger partial charge in [-0.05, 0) is 19.8 Å². The molecule has 5 nitrogen and oxygen atoms in total. The Balaban J connectivity index is 2.27. The van der Waals surface area contributed by atoms with Gasteiger partial charge in [0.15, 0.2) is 0 Å². The maximum atomic E-state index is 12.0. The van der Waals surface area contributed by atoms with Gasteiger partial charge in [-0.1, -0.05) is 12.1 Å². The molecule has 15 heavy (non-hydrogen) atoms. The number of aromatic nitrogens is 1. The van der Waals surface area contributed by atoms with Crippen molar-refractivity contribution in [3.63, 3.8) is 0 Å². The number of carbonyl (C=O) groups is 1. The van der Waals surface area contributed by atoms with Crippen LogP contribution >= 0.6 is 0 Å². The Labute approximate surface area is 87.9 Å². The molecule has 1 fully saturated rings. The lowest BCUT2D eigenvalue weighted by Gasteiger charge is -2.13. The van der Waals surface area contributed by atoms with Crippen LogP contribution in [0, 0.1) is 6.92 Å². The van der Waals surface area contributed by atoms with Crippen LogP contribution in [0.2, 0.25) is 0 Å². The number of hydrogen-bond donors (Lipinski definition) is 0. The second kappa shape index (κ2) is 4.02. The van der Waals surface area contributed by atoms with E-state index in [4.69, 9.17) is 9.36 Å². The summed E-state index contributed by atoms with van der Waals surface area (Å²) in [5, 5.41) is 5.24. The molecular formula is C10H14N2O3. The fourth-order valence-electron chi connectivity index (χ4n) is 1.67. The lowest BCUT2D eigenvalue weighted by Crippen LogP contribution is -2.27. The third-order valence-electron chi connectivity index (χ3n) is 2.46. The summed E-state index contributed by atoms with van der Waals surface area (Å²) in [4.78, 5) is 17.2. The zero-order chi connectivity index (χ0) is 10.8. The summed E-state index contributed by atoms with van der Waals surface area (Å²) in [7, 11) is 0. The third-order valence-corrected chi connectivity index (χ3v) is 2.46. The summed E-state index contributed by atoms with van der Waals surface area (Å²) in [6.45, 7) is 4.94. The van der Waals surface area contributed by atoms with Crippen molar-refractivity contribution < 1.29 is 14.2 Å². The fraction of sp³-hybridized carbons (Fsp3) is 0.600. The van der Waals surface area contributed by atoms with Crippen LogP contribution in [0.5, 0.6) is 0 Å². The van der Waals surface area contributed by atoms with Gasteiger partial charge in [0, 0.05) is 0 Å². The van der Waals surface area contributed by atoms with Gasteiger partial charge in [-0.25, -0.2) is 5.06 Å². The second-order valence-electron chi connectivity index (χ2n) is 3.51. The van der Waals surface area contributed by atoms with E-state index in [1.807, 2.05) is 6.92 Å². The van der Waals surface area contributed by atoms with Crippen LogP contribution in [-0.4, -0.2) is 29.3 Å². The molecule has 0 bridgehead atoms. The third kappa shape index (κ3) is 1.74. The summed E-state index contributed by atoms with van der Waals surface area (Å²) in [6.07, 6.45) is 1.57. The molecule has 0 spiro atoms. The minimum Gasteiger partial charge on any atom is -0.361 e. The van der Waals surface area contributed by atoms with E-state index in [1.54, 1.807) is 6.92 Å². The van der Waals surface area contributed by atoms with Gasteiger partial charge in [-0.3, -0.25) is 9.63 Å². The predicted molar refractivity (Wildman–Crippen MR) is 52.2 cm³/mol. The van der Waals surface area contributed by atoms with Crippen LogP contribution < -0.4 is 0 Å². The molecule has 0 aliphatic carbocycles. The molecule has 0 N–H and O–H groups in total. The van der Waals surface area contributed by atoms with E-state index in [0.29, 0.717) is 36.6 Å². The molecule has 1 amide bonds. The molecule has 5 heteroatoms. The summed E-state index contributed by atoms with van der Waals surface area (Å²) in [5.41, 5.74) is 1.26. The second-order valence-corrected chi connectivity index (χ2v) is 3.51. The number of amides is 1. The van der Waals surface area contributed by atoms with Gasteiger partial charge in [0.2, 0.25) is 0 Å². The van der Waals surface area contributed by atoms with Gasteiger partial charge in [0.1, 0.15) is 11.3 Å². The average molecular weight is 210 g/mol. The molecule has 0 radical (unpaired) electrons. The zero-order valence-corrected chi connectivity index (χ0v) is 8.95. The molecule has 1 aromatic rings. The smallest absolute Gasteiger partial charge is 0.282 e. The quantitative estimate of drug-likeness (QED) is 0.738. The number of nitrogens with zero attached hydrogens (tertiary/aromatic N) is 2. The molecule has 1 aliphatic rings. The molecular weight excluding hydrogens is 196 g/mol. The van der Waals surface area contributed by atoms with Crippen molar-refractivity contribution in [2.24, 2.45) is 0 Å². The first-order chi connectivity index (χ1) is 7.24. The van der Waals surface area contributed by atoms with Crippen LogP contribution in [0.15, 0.2) is 4.52 Å². The number of hydrogen-bond acceptors (Lipinski definition) is 4. The first kappa shape index (κ1) is 10.2. The van der Waals surface area contributed by atoms with Crippen molar-refractivity contribution in [2.45, 2.75) is 26.7 Å². The van der Waals surface area contributed by atoms with Crippen molar-refractivity contribution in [3.05, 3.63) is 17.0 Å². The molecule has 0 unspecified atom stereocenters. The minimum absolute atomic E-state index is 0.136. The highest BCUT2D eigenvalue weighted by Gasteiger charge is 2.27. The van der Waals surface area contributed by atoms with Crippen molar-refractivity contribution in [1.29, 1.82) is 0 Å². The van der Waals surface area contributed by atoms with Crippen molar-refractivity contribution in [3.8, 4) is 0 Å². The van der Waals surface area contributed by atoms with Gasteiger partial charge in [-0.15, -0.1) is 0 Å². The Hall–Kier alpha value is -1.36. The maximum Gasteiger partial charge on any atom is 0.282 e. The minimum atomic E-state index is -0.136. The van der Waals surface area contributed by atoms with E-state index in [2.05, 4.69) is 5.16 Å². The Morgan fingerprint density at radius 2 is 2.40 bits per heavy atom. The number of aryl methyl sites for hydroxylation is 2. The number of rotatable bonds is 2. The Morgan fingerprint density at radius 1 is 1.60 bits per heavy atom. The summed E-state index contributed by atoms with van der Waals surface area (Å²) in [5.74, 6) is 0.426. The molecule has 1 aromatic heterocycles. The van der Waals surface area contributed by atoms with Crippen LogP contribution in [-0.2, 0) is 11.3 Å². The summed E-state index contributed by atoms with van der Waals surface area (Å²) in [6, 6.07) is 0. The fourth-order valence-corrected chi connectivity index (χ4v) is 1.67. The largest absolute Gasteiger partial charge is 0.361 e. The van der Waals surface area contributed by atoms with Crippen molar-refractivity contribution in [2.75, 3.05) is 13.2 Å². The van der Waals surface area contributed by atoms with Gasteiger partial charge in [0.25, 0.3) is 5.91 Å². The van der Waals surface area contributed by atoms with Crippen molar-refractivity contribution in [1.82, 2.24) is 10.2 Å². The molecule has 0 atom stereocenters. The molecule has 1 saturated heterocycles. The zero-order valence-electron chi connectivity index (χ0n) is 8.95. The van der Waals surface area contributed by atoms with E-state index in [1.165, 1.54) is 5.06 Å². The first-order valence-electron chi connectivity index (χ1n) is 5.14. The lowest BCUT2D eigenvalue weighted by molar-refractivity contribution is -0.0769. The highest BCUT2D eigenvalue weighted by molar-refractivity contribution is 5.95. The van der Waals surface area contributed by atoms with E-state index in [0.717, 1.165) is 6.42 Å². The molecule has 82 valence electrons. The van der Waals surface area contributed by atoms with E-state index in [9.17, 15) is 4.79 Å². The highest BCUT2D eigenvalue weighted by atomic mass is 16.7. The molecule has 1 aliphatic heterocycles. The molecule has 2 heterocycles. The van der Waals surface area contributed by atoms with Crippen LogP contribution in [0.25, 0.3) is 0 Å². The summed E-state index contributed by atoms with van der Waals surface area (Å²) >= 11 is 0. The Kier molecular flexibility index (Phi) is 2.73. The first-order valence-corrected chi connectivity index (χ1v) is 5.14. The van der Waals surface area contributed by atoms with Crippen LogP contribution in [0.4, 0.5) is 0 Å². The topological polar surface area (TPSA) is 55.6 Å². The van der Waals surface area contributed by atoms with E-state index in [-0.39, 0.29) is 5.91 Å². The average Bonchev–Trinajstić information content (AvgIpc) is 2.85. The monoisotopic (exact) mass is 210 g/mol. The molecule has 2 rings (SSSR count). The normalized spacial score (nSPS) is 16.0. The number of hydroxylamine groups is 2. The highest BCUT2D eigenvalue weighted by Crippen LogP contribution is 2.18. The van der Waals surface area contributed by atoms with Gasteiger partial charge in [-0.2, -0.15) is 0 Å². The Morgan fingerprint density at radius 3 is 3.00 bits per heavy atom. The van der Waals surface area contributed by atoms with Crippen LogP contribution in [0.1, 0.15) is 35.2 Å². The lowest BCUT2D eigenvalue weighted by atomic mass is 10.1. The Bertz CT molecular complexity index is 367. The molecule has 0 aromatic carbocycles. The maximum absolute atomic E-state index is 12.0. The SMILES string of the molecule is CCc1noc(C)c1C(=O)N1CCCO1. The van der Waals surface area contributed by atoms with Crippen molar-refractivity contribution >= 4 is 5.91 Å².